The molecule has 0 fully saturated rings. The van der Waals surface area contributed by atoms with Crippen molar-refractivity contribution in [2.75, 3.05) is 6.54 Å². The third-order valence-corrected chi connectivity index (χ3v) is 1.28. The minimum atomic E-state index is -0.464. The second-order valence-electron chi connectivity index (χ2n) is 2.15. The number of hydrogen-bond acceptors (Lipinski definition) is 2. The predicted molar refractivity (Wildman–Crippen MR) is 43.6 cm³/mol. The van der Waals surface area contributed by atoms with Gasteiger partial charge in [-0.3, -0.25) is 0 Å². The van der Waals surface area contributed by atoms with E-state index in [0.717, 1.165) is 5.57 Å². The molecule has 0 saturated carbocycles. The summed E-state index contributed by atoms with van der Waals surface area (Å²) in [5, 5.41) is 9.24. The van der Waals surface area contributed by atoms with Crippen LogP contribution >= 0.6 is 0 Å². The first-order valence-corrected chi connectivity index (χ1v) is 3.40. The molecular formula is C8H15NO. The Balaban J connectivity index is 3.93. The Morgan fingerprint density at radius 1 is 1.70 bits per heavy atom. The Bertz CT molecular complexity index is 138. The summed E-state index contributed by atoms with van der Waals surface area (Å²) in [7, 11) is 0. The lowest BCUT2D eigenvalue weighted by atomic mass is 10.1. The molecule has 0 aromatic heterocycles. The van der Waals surface area contributed by atoms with E-state index in [1.807, 2.05) is 26.0 Å². The Labute approximate surface area is 62.0 Å². The fraction of sp³-hybridized carbons (Fsp3) is 0.500. The predicted octanol–water partition coefficient (Wildman–Crippen LogP) is 0.828. The van der Waals surface area contributed by atoms with Gasteiger partial charge in [-0.15, -0.1) is 0 Å². The first-order valence-electron chi connectivity index (χ1n) is 3.40. The molecule has 0 saturated heterocycles. The number of allylic oxidation sites excluding steroid dienone is 1. The summed E-state index contributed by atoms with van der Waals surface area (Å²) in [5.74, 6) is 0. The molecule has 10 heavy (non-hydrogen) atoms. The van der Waals surface area contributed by atoms with Crippen molar-refractivity contribution in [2.45, 2.75) is 20.0 Å². The van der Waals surface area contributed by atoms with E-state index in [4.69, 9.17) is 5.73 Å². The largest absolute Gasteiger partial charge is 0.385 e. The summed E-state index contributed by atoms with van der Waals surface area (Å²) in [5.41, 5.74) is 6.16. The van der Waals surface area contributed by atoms with Crippen molar-refractivity contribution in [2.24, 2.45) is 5.73 Å². The molecule has 0 rings (SSSR count). The van der Waals surface area contributed by atoms with Crippen LogP contribution in [0, 0.1) is 0 Å². The van der Waals surface area contributed by atoms with E-state index in [9.17, 15) is 5.11 Å². The second-order valence-corrected chi connectivity index (χ2v) is 2.15. The summed E-state index contributed by atoms with van der Waals surface area (Å²) in [6.07, 6.45) is 4.89. The molecule has 0 bridgehead atoms. The number of rotatable bonds is 3. The van der Waals surface area contributed by atoms with Gasteiger partial charge < -0.3 is 10.8 Å². The molecule has 1 atom stereocenters. The SMILES string of the molecule is C/C=C/C(O)/C(C)=C/CN. The highest BCUT2D eigenvalue weighted by Crippen LogP contribution is 2.00. The minimum absolute atomic E-state index is 0.464. The third kappa shape index (κ3) is 3.43. The highest BCUT2D eigenvalue weighted by atomic mass is 16.3. The van der Waals surface area contributed by atoms with Gasteiger partial charge >= 0.3 is 0 Å². The fourth-order valence-corrected chi connectivity index (χ4v) is 0.641. The maximum Gasteiger partial charge on any atom is 0.0929 e. The normalized spacial score (nSPS) is 16.2. The highest BCUT2D eigenvalue weighted by molar-refractivity contribution is 5.12. The molecule has 0 aromatic rings. The van der Waals surface area contributed by atoms with Crippen LogP contribution in [-0.2, 0) is 0 Å². The van der Waals surface area contributed by atoms with Gasteiger partial charge in [-0.25, -0.2) is 0 Å². The zero-order valence-corrected chi connectivity index (χ0v) is 6.54. The molecule has 58 valence electrons. The van der Waals surface area contributed by atoms with Gasteiger partial charge in [0.05, 0.1) is 6.10 Å². The molecule has 0 heterocycles. The molecular weight excluding hydrogens is 126 g/mol. The second kappa shape index (κ2) is 5.21. The lowest BCUT2D eigenvalue weighted by Crippen LogP contribution is -2.06. The van der Waals surface area contributed by atoms with Gasteiger partial charge in [-0.2, -0.15) is 0 Å². The lowest BCUT2D eigenvalue weighted by molar-refractivity contribution is 0.259. The standard InChI is InChI=1S/C8H15NO/c1-3-4-8(10)7(2)5-6-9/h3-5,8,10H,6,9H2,1-2H3/b4-3+,7-5+. The molecule has 1 unspecified atom stereocenters. The number of nitrogens with two attached hydrogens (primary N) is 1. The van der Waals surface area contributed by atoms with Gasteiger partial charge in [0.15, 0.2) is 0 Å². The Kier molecular flexibility index (Phi) is 4.89. The van der Waals surface area contributed by atoms with Gasteiger partial charge in [0, 0.05) is 6.54 Å². The van der Waals surface area contributed by atoms with Crippen LogP contribution in [0.2, 0.25) is 0 Å². The van der Waals surface area contributed by atoms with Crippen molar-refractivity contribution in [3.05, 3.63) is 23.8 Å². The smallest absolute Gasteiger partial charge is 0.0929 e. The van der Waals surface area contributed by atoms with Crippen LogP contribution in [0.5, 0.6) is 0 Å². The maximum absolute atomic E-state index is 9.24. The molecule has 0 aliphatic rings. The monoisotopic (exact) mass is 141 g/mol. The molecule has 0 aromatic carbocycles. The molecule has 0 aliphatic heterocycles. The topological polar surface area (TPSA) is 46.2 Å². The van der Waals surface area contributed by atoms with Crippen LogP contribution in [0.1, 0.15) is 13.8 Å². The molecule has 3 N–H and O–H groups in total. The third-order valence-electron chi connectivity index (χ3n) is 1.28. The van der Waals surface area contributed by atoms with E-state index >= 15 is 0 Å². The number of aliphatic hydroxyl groups is 1. The molecule has 0 radical (unpaired) electrons. The minimum Gasteiger partial charge on any atom is -0.385 e. The van der Waals surface area contributed by atoms with Crippen molar-refractivity contribution in [3.63, 3.8) is 0 Å². The van der Waals surface area contributed by atoms with Gasteiger partial charge in [-0.05, 0) is 19.4 Å². The zero-order valence-electron chi connectivity index (χ0n) is 6.54. The van der Waals surface area contributed by atoms with Crippen LogP contribution < -0.4 is 5.73 Å². The molecule has 2 heteroatoms. The maximum atomic E-state index is 9.24. The van der Waals surface area contributed by atoms with E-state index in [-0.39, 0.29) is 0 Å². The van der Waals surface area contributed by atoms with Gasteiger partial charge in [0.25, 0.3) is 0 Å². The van der Waals surface area contributed by atoms with Crippen molar-refractivity contribution in [1.82, 2.24) is 0 Å². The van der Waals surface area contributed by atoms with E-state index in [0.29, 0.717) is 6.54 Å². The van der Waals surface area contributed by atoms with Crippen molar-refractivity contribution < 1.29 is 5.11 Å². The van der Waals surface area contributed by atoms with Crippen LogP contribution in [0.3, 0.4) is 0 Å². The summed E-state index contributed by atoms with van der Waals surface area (Å²) < 4.78 is 0. The van der Waals surface area contributed by atoms with Crippen molar-refractivity contribution >= 4 is 0 Å². The Morgan fingerprint density at radius 2 is 2.30 bits per heavy atom. The van der Waals surface area contributed by atoms with Crippen molar-refractivity contribution in [1.29, 1.82) is 0 Å². The van der Waals surface area contributed by atoms with Crippen LogP contribution in [0.25, 0.3) is 0 Å². The summed E-state index contributed by atoms with van der Waals surface area (Å²) in [6.45, 7) is 4.22. The highest BCUT2D eigenvalue weighted by Gasteiger charge is 1.97. The van der Waals surface area contributed by atoms with Gasteiger partial charge in [-0.1, -0.05) is 18.2 Å². The first-order chi connectivity index (χ1) is 4.72. The van der Waals surface area contributed by atoms with Crippen molar-refractivity contribution in [3.8, 4) is 0 Å². The Morgan fingerprint density at radius 3 is 2.70 bits per heavy atom. The van der Waals surface area contributed by atoms with E-state index in [2.05, 4.69) is 0 Å². The van der Waals surface area contributed by atoms with E-state index < -0.39 is 6.10 Å². The van der Waals surface area contributed by atoms with Gasteiger partial charge in [0.1, 0.15) is 0 Å². The zero-order chi connectivity index (χ0) is 7.98. The molecule has 0 spiro atoms. The summed E-state index contributed by atoms with van der Waals surface area (Å²) >= 11 is 0. The Hall–Kier alpha value is -0.600. The van der Waals surface area contributed by atoms with E-state index in [1.165, 1.54) is 0 Å². The van der Waals surface area contributed by atoms with Crippen LogP contribution in [-0.4, -0.2) is 17.8 Å². The molecule has 2 nitrogen and oxygen atoms in total. The molecule has 0 amide bonds. The summed E-state index contributed by atoms with van der Waals surface area (Å²) in [4.78, 5) is 0. The lowest BCUT2D eigenvalue weighted by Gasteiger charge is -2.03. The van der Waals surface area contributed by atoms with Crippen LogP contribution in [0.15, 0.2) is 23.8 Å². The summed E-state index contributed by atoms with van der Waals surface area (Å²) in [6, 6.07) is 0. The fourth-order valence-electron chi connectivity index (χ4n) is 0.641. The molecule has 0 aliphatic carbocycles. The first kappa shape index (κ1) is 9.40. The van der Waals surface area contributed by atoms with Crippen LogP contribution in [0.4, 0.5) is 0 Å². The van der Waals surface area contributed by atoms with E-state index in [1.54, 1.807) is 6.08 Å². The number of aliphatic hydroxyl groups excluding tert-OH is 1. The average Bonchev–Trinajstić information content (AvgIpc) is 1.89. The average molecular weight is 141 g/mol. The van der Waals surface area contributed by atoms with Gasteiger partial charge in [0.2, 0.25) is 0 Å². The number of hydrogen-bond donors (Lipinski definition) is 2. The quantitative estimate of drug-likeness (QED) is 0.572.